The van der Waals surface area contributed by atoms with Crippen LogP contribution in [0.5, 0.6) is 0 Å². The lowest BCUT2D eigenvalue weighted by Crippen LogP contribution is -1.86. The molecule has 90 valence electrons. The highest BCUT2D eigenvalue weighted by Gasteiger charge is 1.99. The fraction of sp³-hybridized carbons (Fsp3) is 0.176. The summed E-state index contributed by atoms with van der Waals surface area (Å²) in [5.74, 6) is 0. The highest BCUT2D eigenvalue weighted by atomic mass is 79.9. The van der Waals surface area contributed by atoms with Crippen molar-refractivity contribution in [2.75, 3.05) is 5.33 Å². The van der Waals surface area contributed by atoms with Gasteiger partial charge in [0.15, 0.2) is 0 Å². The van der Waals surface area contributed by atoms with Gasteiger partial charge in [-0.05, 0) is 52.1 Å². The molecule has 18 heavy (non-hydrogen) atoms. The highest BCUT2D eigenvalue weighted by Crippen LogP contribution is 2.24. The van der Waals surface area contributed by atoms with Gasteiger partial charge in [0.25, 0.3) is 0 Å². The lowest BCUT2D eigenvalue weighted by Gasteiger charge is -2.05. The van der Waals surface area contributed by atoms with E-state index in [0.29, 0.717) is 0 Å². The minimum absolute atomic E-state index is 1.07. The van der Waals surface area contributed by atoms with Gasteiger partial charge in [0.05, 0.1) is 0 Å². The lowest BCUT2D eigenvalue weighted by atomic mass is 10.0. The normalized spacial score (nSPS) is 11.2. The molecule has 0 atom stereocenters. The van der Waals surface area contributed by atoms with Gasteiger partial charge in [0.1, 0.15) is 0 Å². The van der Waals surface area contributed by atoms with Crippen molar-refractivity contribution in [3.05, 3.63) is 60.2 Å². The first-order chi connectivity index (χ1) is 8.86. The molecule has 0 radical (unpaired) electrons. The van der Waals surface area contributed by atoms with Gasteiger partial charge in [-0.2, -0.15) is 0 Å². The molecule has 0 saturated carbocycles. The van der Waals surface area contributed by atoms with E-state index in [4.69, 9.17) is 0 Å². The number of alkyl halides is 1. The Morgan fingerprint density at radius 2 is 1.39 bits per heavy atom. The van der Waals surface area contributed by atoms with E-state index in [9.17, 15) is 0 Å². The van der Waals surface area contributed by atoms with Crippen LogP contribution >= 0.6 is 15.9 Å². The predicted octanol–water partition coefficient (Wildman–Crippen LogP) is 5.32. The maximum atomic E-state index is 3.49. The zero-order chi connectivity index (χ0) is 12.4. The van der Waals surface area contributed by atoms with Gasteiger partial charge in [0, 0.05) is 5.33 Å². The summed E-state index contributed by atoms with van der Waals surface area (Å²) in [6, 6.07) is 19.9. The summed E-state index contributed by atoms with van der Waals surface area (Å²) < 4.78 is 0. The summed E-state index contributed by atoms with van der Waals surface area (Å²) >= 11 is 3.49. The van der Waals surface area contributed by atoms with Gasteiger partial charge in [-0.25, -0.2) is 0 Å². The van der Waals surface area contributed by atoms with Crippen LogP contribution in [-0.4, -0.2) is 5.33 Å². The van der Waals surface area contributed by atoms with Crippen LogP contribution in [0.1, 0.15) is 12.0 Å². The number of hydrogen-bond donors (Lipinski definition) is 0. The monoisotopic (exact) mass is 298 g/mol. The van der Waals surface area contributed by atoms with Gasteiger partial charge in [0.2, 0.25) is 0 Å². The van der Waals surface area contributed by atoms with E-state index in [1.54, 1.807) is 0 Å². The number of halogens is 1. The number of fused-ring (bicyclic) bond motifs is 2. The third kappa shape index (κ3) is 2.28. The second kappa shape index (κ2) is 5.11. The average molecular weight is 299 g/mol. The Balaban J connectivity index is 2.12. The molecule has 0 aliphatic carbocycles. The summed E-state index contributed by atoms with van der Waals surface area (Å²) in [7, 11) is 0. The molecule has 0 aliphatic heterocycles. The summed E-state index contributed by atoms with van der Waals surface area (Å²) in [6.45, 7) is 0. The van der Waals surface area contributed by atoms with Gasteiger partial charge >= 0.3 is 0 Å². The molecular formula is C17H15Br. The zero-order valence-corrected chi connectivity index (χ0v) is 11.8. The van der Waals surface area contributed by atoms with Crippen molar-refractivity contribution in [1.82, 2.24) is 0 Å². The first kappa shape index (κ1) is 11.7. The smallest absolute Gasteiger partial charge is 0.00344 e. The molecule has 0 unspecified atom stereocenters. The topological polar surface area (TPSA) is 0 Å². The maximum absolute atomic E-state index is 3.49. The van der Waals surface area contributed by atoms with Crippen molar-refractivity contribution in [2.45, 2.75) is 12.8 Å². The number of hydrogen-bond acceptors (Lipinski definition) is 0. The van der Waals surface area contributed by atoms with E-state index in [1.165, 1.54) is 33.5 Å². The number of benzene rings is 3. The van der Waals surface area contributed by atoms with Crippen molar-refractivity contribution in [3.8, 4) is 0 Å². The second-order valence-corrected chi connectivity index (χ2v) is 5.47. The first-order valence-electron chi connectivity index (χ1n) is 6.34. The van der Waals surface area contributed by atoms with Gasteiger partial charge < -0.3 is 0 Å². The molecule has 0 amide bonds. The van der Waals surface area contributed by atoms with Crippen LogP contribution in [0, 0.1) is 0 Å². The third-order valence-electron chi connectivity index (χ3n) is 3.37. The molecule has 0 heterocycles. The van der Waals surface area contributed by atoms with Crippen LogP contribution in [0.15, 0.2) is 54.6 Å². The molecule has 3 rings (SSSR count). The third-order valence-corrected chi connectivity index (χ3v) is 3.93. The molecule has 0 fully saturated rings. The summed E-state index contributed by atoms with van der Waals surface area (Å²) in [5, 5.41) is 6.39. The van der Waals surface area contributed by atoms with Crippen LogP contribution in [-0.2, 0) is 6.42 Å². The Hall–Kier alpha value is -1.34. The van der Waals surface area contributed by atoms with E-state index in [-0.39, 0.29) is 0 Å². The predicted molar refractivity (Wildman–Crippen MR) is 83.6 cm³/mol. The molecule has 3 aromatic carbocycles. The van der Waals surface area contributed by atoms with Crippen molar-refractivity contribution in [3.63, 3.8) is 0 Å². The van der Waals surface area contributed by atoms with Crippen LogP contribution in [0.2, 0.25) is 0 Å². The van der Waals surface area contributed by atoms with Crippen LogP contribution in [0.4, 0.5) is 0 Å². The van der Waals surface area contributed by atoms with Gasteiger partial charge in [-0.3, -0.25) is 0 Å². The molecule has 0 nitrogen and oxygen atoms in total. The van der Waals surface area contributed by atoms with E-state index in [2.05, 4.69) is 70.5 Å². The Kier molecular flexibility index (Phi) is 3.33. The zero-order valence-electron chi connectivity index (χ0n) is 10.2. The number of aryl methyl sites for hydroxylation is 1. The summed E-state index contributed by atoms with van der Waals surface area (Å²) in [6.07, 6.45) is 2.34. The first-order valence-corrected chi connectivity index (χ1v) is 7.46. The van der Waals surface area contributed by atoms with E-state index in [1.807, 2.05) is 0 Å². The molecule has 0 saturated heterocycles. The molecule has 3 aromatic rings. The molecule has 0 bridgehead atoms. The Labute approximate surface area is 116 Å². The number of rotatable bonds is 3. The van der Waals surface area contributed by atoms with Crippen molar-refractivity contribution in [2.24, 2.45) is 0 Å². The standard InChI is InChI=1S/C17H15Br/c18-9-3-4-13-7-8-16-11-14-5-1-2-6-15(14)12-17(16)10-13/h1-2,5-8,10-12H,3-4,9H2. The van der Waals surface area contributed by atoms with E-state index < -0.39 is 0 Å². The quantitative estimate of drug-likeness (QED) is 0.453. The summed E-state index contributed by atoms with van der Waals surface area (Å²) in [5.41, 5.74) is 1.43. The molecular weight excluding hydrogens is 284 g/mol. The molecule has 0 aromatic heterocycles. The van der Waals surface area contributed by atoms with Crippen molar-refractivity contribution < 1.29 is 0 Å². The maximum Gasteiger partial charge on any atom is 0.00344 e. The van der Waals surface area contributed by atoms with Crippen molar-refractivity contribution in [1.29, 1.82) is 0 Å². The SMILES string of the molecule is BrCCCc1ccc2cc3ccccc3cc2c1. The Morgan fingerprint density at radius 1 is 0.722 bits per heavy atom. The minimum Gasteiger partial charge on any atom is -0.0928 e. The minimum atomic E-state index is 1.07. The fourth-order valence-corrected chi connectivity index (χ4v) is 2.70. The summed E-state index contributed by atoms with van der Waals surface area (Å²) in [4.78, 5) is 0. The average Bonchev–Trinajstić information content (AvgIpc) is 2.42. The highest BCUT2D eigenvalue weighted by molar-refractivity contribution is 9.09. The fourth-order valence-electron chi connectivity index (χ4n) is 2.42. The molecule has 0 spiro atoms. The van der Waals surface area contributed by atoms with E-state index in [0.717, 1.165) is 11.8 Å². The molecule has 0 N–H and O–H groups in total. The van der Waals surface area contributed by atoms with Crippen LogP contribution in [0.3, 0.4) is 0 Å². The second-order valence-electron chi connectivity index (χ2n) is 4.67. The van der Waals surface area contributed by atoms with E-state index >= 15 is 0 Å². The Bertz CT molecular complexity index is 685. The van der Waals surface area contributed by atoms with Crippen LogP contribution in [0.25, 0.3) is 21.5 Å². The van der Waals surface area contributed by atoms with Gasteiger partial charge in [-0.1, -0.05) is 58.4 Å². The van der Waals surface area contributed by atoms with Crippen molar-refractivity contribution >= 4 is 37.5 Å². The Morgan fingerprint density at radius 3 is 2.11 bits per heavy atom. The molecule has 0 aliphatic rings. The van der Waals surface area contributed by atoms with Crippen LogP contribution < -0.4 is 0 Å². The molecule has 1 heteroatoms. The van der Waals surface area contributed by atoms with Gasteiger partial charge in [-0.15, -0.1) is 0 Å². The lowest BCUT2D eigenvalue weighted by molar-refractivity contribution is 0.941. The largest absolute Gasteiger partial charge is 0.0928 e.